The Morgan fingerprint density at radius 2 is 2.38 bits per heavy atom. The zero-order chi connectivity index (χ0) is 9.84. The molecule has 0 saturated carbocycles. The van der Waals surface area contributed by atoms with Gasteiger partial charge in [0.1, 0.15) is 5.82 Å². The smallest absolute Gasteiger partial charge is 0.146 e. The van der Waals surface area contributed by atoms with Crippen molar-refractivity contribution in [3.63, 3.8) is 0 Å². The van der Waals surface area contributed by atoms with Gasteiger partial charge in [-0.25, -0.2) is 4.39 Å². The fourth-order valence-electron chi connectivity index (χ4n) is 0.947. The third-order valence-corrected chi connectivity index (χ3v) is 2.92. The van der Waals surface area contributed by atoms with Gasteiger partial charge in [0.2, 0.25) is 0 Å². The second-order valence-corrected chi connectivity index (χ2v) is 4.52. The summed E-state index contributed by atoms with van der Waals surface area (Å²) in [4.78, 5) is 4.20. The lowest BCUT2D eigenvalue weighted by Crippen LogP contribution is -2.04. The summed E-state index contributed by atoms with van der Waals surface area (Å²) < 4.78 is 13.2. The largest absolute Gasteiger partial charge is 0.257 e. The van der Waals surface area contributed by atoms with Crippen LogP contribution in [0.2, 0.25) is 5.02 Å². The molecule has 1 rings (SSSR count). The number of hydrogen-bond donors (Lipinski definition) is 0. The summed E-state index contributed by atoms with van der Waals surface area (Å²) in [6.07, 6.45) is 3.01. The number of aromatic nitrogens is 1. The predicted octanol–water partition coefficient (Wildman–Crippen LogP) is 3.59. The molecule has 1 atom stereocenters. The van der Waals surface area contributed by atoms with Crippen molar-refractivity contribution >= 4 is 27.5 Å². The standard InChI is InChI=1S/C9H10BrClFN/c1-2-6(10)3-9-8(12)4-7(11)5-13-9/h4-6H,2-3H2,1H3. The minimum absolute atomic E-state index is 0.274. The van der Waals surface area contributed by atoms with E-state index in [-0.39, 0.29) is 10.6 Å². The van der Waals surface area contributed by atoms with Crippen LogP contribution >= 0.6 is 27.5 Å². The van der Waals surface area contributed by atoms with Crippen LogP contribution in [0.25, 0.3) is 0 Å². The molecule has 0 aromatic carbocycles. The van der Waals surface area contributed by atoms with E-state index in [1.807, 2.05) is 6.92 Å². The summed E-state index contributed by atoms with van der Waals surface area (Å²) in [7, 11) is 0. The number of rotatable bonds is 3. The van der Waals surface area contributed by atoms with Gasteiger partial charge in [0.25, 0.3) is 0 Å². The van der Waals surface area contributed by atoms with Gasteiger partial charge in [0, 0.05) is 17.4 Å². The first kappa shape index (κ1) is 10.9. The van der Waals surface area contributed by atoms with Crippen LogP contribution in [0.15, 0.2) is 12.3 Å². The fraction of sp³-hybridized carbons (Fsp3) is 0.444. The molecule has 1 aromatic rings. The number of hydrogen-bond acceptors (Lipinski definition) is 1. The van der Waals surface area contributed by atoms with Crippen molar-refractivity contribution in [1.82, 2.24) is 4.98 Å². The van der Waals surface area contributed by atoms with Crippen molar-refractivity contribution in [2.24, 2.45) is 0 Å². The molecule has 0 bridgehead atoms. The van der Waals surface area contributed by atoms with Gasteiger partial charge in [-0.2, -0.15) is 0 Å². The van der Waals surface area contributed by atoms with Crippen molar-refractivity contribution < 1.29 is 4.39 Å². The van der Waals surface area contributed by atoms with E-state index in [1.165, 1.54) is 12.3 Å². The van der Waals surface area contributed by atoms with Crippen LogP contribution in [-0.4, -0.2) is 9.81 Å². The van der Waals surface area contributed by atoms with Crippen molar-refractivity contribution in [3.8, 4) is 0 Å². The van der Waals surface area contributed by atoms with Gasteiger partial charge in [-0.3, -0.25) is 4.98 Å². The van der Waals surface area contributed by atoms with E-state index in [9.17, 15) is 4.39 Å². The van der Waals surface area contributed by atoms with E-state index in [0.717, 1.165) is 6.42 Å². The van der Waals surface area contributed by atoms with Crippen LogP contribution < -0.4 is 0 Å². The van der Waals surface area contributed by atoms with Crippen molar-refractivity contribution in [2.45, 2.75) is 24.6 Å². The van der Waals surface area contributed by atoms with E-state index in [2.05, 4.69) is 20.9 Å². The maximum Gasteiger partial charge on any atom is 0.146 e. The van der Waals surface area contributed by atoms with Crippen LogP contribution in [0, 0.1) is 5.82 Å². The normalized spacial score (nSPS) is 12.9. The Bertz CT molecular complexity index is 293. The van der Waals surface area contributed by atoms with Gasteiger partial charge in [0.15, 0.2) is 0 Å². The van der Waals surface area contributed by atoms with E-state index in [1.54, 1.807) is 0 Å². The van der Waals surface area contributed by atoms with Crippen molar-refractivity contribution in [1.29, 1.82) is 0 Å². The summed E-state index contributed by atoms with van der Waals surface area (Å²) in [5, 5.41) is 0.337. The molecule has 1 unspecified atom stereocenters. The molecule has 1 aromatic heterocycles. The second-order valence-electron chi connectivity index (χ2n) is 2.79. The molecule has 0 amide bonds. The van der Waals surface area contributed by atoms with Crippen LogP contribution in [0.1, 0.15) is 19.0 Å². The van der Waals surface area contributed by atoms with Crippen LogP contribution in [0.5, 0.6) is 0 Å². The molecule has 0 N–H and O–H groups in total. The van der Waals surface area contributed by atoms with E-state index >= 15 is 0 Å². The van der Waals surface area contributed by atoms with Gasteiger partial charge >= 0.3 is 0 Å². The molecule has 0 radical (unpaired) electrons. The van der Waals surface area contributed by atoms with Crippen LogP contribution in [0.3, 0.4) is 0 Å². The third kappa shape index (κ3) is 3.24. The third-order valence-electron chi connectivity index (χ3n) is 1.74. The summed E-state index contributed by atoms with van der Waals surface area (Å²) >= 11 is 9.00. The molecule has 1 heterocycles. The first-order chi connectivity index (χ1) is 6.13. The minimum Gasteiger partial charge on any atom is -0.257 e. The average molecular weight is 267 g/mol. The van der Waals surface area contributed by atoms with Gasteiger partial charge in [-0.05, 0) is 12.5 Å². The highest BCUT2D eigenvalue weighted by Gasteiger charge is 2.09. The summed E-state index contributed by atoms with van der Waals surface area (Å²) in [5.41, 5.74) is 0.466. The monoisotopic (exact) mass is 265 g/mol. The van der Waals surface area contributed by atoms with Gasteiger partial charge in [-0.1, -0.05) is 34.5 Å². The first-order valence-corrected chi connectivity index (χ1v) is 5.36. The van der Waals surface area contributed by atoms with Crippen molar-refractivity contribution in [3.05, 3.63) is 28.8 Å². The molecule has 72 valence electrons. The van der Waals surface area contributed by atoms with Crippen LogP contribution in [-0.2, 0) is 6.42 Å². The zero-order valence-electron chi connectivity index (χ0n) is 7.23. The van der Waals surface area contributed by atoms with Gasteiger partial charge in [0.05, 0.1) is 10.7 Å². The Labute approximate surface area is 90.4 Å². The number of halogens is 3. The maximum atomic E-state index is 13.2. The summed E-state index contributed by atoms with van der Waals surface area (Å²) in [6.45, 7) is 2.03. The molecule has 0 aliphatic carbocycles. The Kier molecular flexibility index (Phi) is 4.13. The highest BCUT2D eigenvalue weighted by atomic mass is 79.9. The van der Waals surface area contributed by atoms with E-state index in [0.29, 0.717) is 17.1 Å². The van der Waals surface area contributed by atoms with Gasteiger partial charge < -0.3 is 0 Å². The maximum absolute atomic E-state index is 13.2. The highest BCUT2D eigenvalue weighted by molar-refractivity contribution is 9.09. The molecule has 4 heteroatoms. The minimum atomic E-state index is -0.328. The molecular weight excluding hydrogens is 256 g/mol. The Morgan fingerprint density at radius 3 is 2.92 bits per heavy atom. The van der Waals surface area contributed by atoms with Crippen molar-refractivity contribution in [2.75, 3.05) is 0 Å². The topological polar surface area (TPSA) is 12.9 Å². The summed E-state index contributed by atoms with van der Waals surface area (Å²) in [5.74, 6) is -0.328. The molecule has 0 aliphatic heterocycles. The molecule has 0 spiro atoms. The lowest BCUT2D eigenvalue weighted by atomic mass is 10.2. The number of alkyl halides is 1. The van der Waals surface area contributed by atoms with Crippen LogP contribution in [0.4, 0.5) is 4.39 Å². The predicted molar refractivity (Wildman–Crippen MR) is 55.9 cm³/mol. The molecule has 0 fully saturated rings. The second kappa shape index (κ2) is 4.91. The fourth-order valence-corrected chi connectivity index (χ4v) is 1.40. The Balaban J connectivity index is 2.77. The van der Waals surface area contributed by atoms with Gasteiger partial charge in [-0.15, -0.1) is 0 Å². The number of pyridine rings is 1. The average Bonchev–Trinajstić information content (AvgIpc) is 2.09. The zero-order valence-corrected chi connectivity index (χ0v) is 9.57. The molecular formula is C9H10BrClFN. The Morgan fingerprint density at radius 1 is 1.69 bits per heavy atom. The SMILES string of the molecule is CCC(Br)Cc1ncc(Cl)cc1F. The molecule has 0 saturated heterocycles. The summed E-state index contributed by atoms with van der Waals surface area (Å²) in [6, 6.07) is 1.29. The lowest BCUT2D eigenvalue weighted by molar-refractivity contribution is 0.594. The highest BCUT2D eigenvalue weighted by Crippen LogP contribution is 2.16. The van der Waals surface area contributed by atoms with E-state index < -0.39 is 0 Å². The quantitative estimate of drug-likeness (QED) is 0.762. The first-order valence-electron chi connectivity index (χ1n) is 4.07. The number of nitrogens with zero attached hydrogens (tertiary/aromatic N) is 1. The molecule has 0 aliphatic rings. The molecule has 13 heavy (non-hydrogen) atoms. The molecule has 1 nitrogen and oxygen atoms in total. The van der Waals surface area contributed by atoms with E-state index in [4.69, 9.17) is 11.6 Å². The lowest BCUT2D eigenvalue weighted by Gasteiger charge is -2.06. The Hall–Kier alpha value is -0.150.